The molecule has 0 fully saturated rings. The van der Waals surface area contributed by atoms with Gasteiger partial charge in [0.05, 0.1) is 17.5 Å². The minimum atomic E-state index is -0.653. The third-order valence-corrected chi connectivity index (χ3v) is 1.94. The highest BCUT2D eigenvalue weighted by atomic mass is 79.9. The second-order valence-corrected chi connectivity index (χ2v) is 5.48. The fourth-order valence-corrected chi connectivity index (χ4v) is 0.866. The Labute approximate surface area is 98.1 Å². The Bertz CT molecular complexity index is 226. The Kier molecular flexibility index (Phi) is 6.51. The van der Waals surface area contributed by atoms with E-state index in [2.05, 4.69) is 26.6 Å². The van der Waals surface area contributed by atoms with E-state index in [1.54, 1.807) is 21.0 Å². The van der Waals surface area contributed by atoms with E-state index in [4.69, 9.17) is 4.74 Å². The van der Waals surface area contributed by atoms with Crippen molar-refractivity contribution >= 4 is 27.7 Å². The van der Waals surface area contributed by atoms with Gasteiger partial charge in [-0.1, -0.05) is 15.9 Å². The maximum Gasteiger partial charge on any atom is 0.239 e. The molecule has 88 valence electrons. The number of rotatable bonds is 6. The summed E-state index contributed by atoms with van der Waals surface area (Å²) in [5.74, 6) is -0.443. The molecule has 0 atom stereocenters. The molecule has 0 bridgehead atoms. The van der Waals surface area contributed by atoms with Crippen LogP contribution >= 0.6 is 15.9 Å². The lowest BCUT2D eigenvalue weighted by molar-refractivity contribution is -0.126. The van der Waals surface area contributed by atoms with Crippen molar-refractivity contribution in [3.63, 3.8) is 0 Å². The van der Waals surface area contributed by atoms with Crippen LogP contribution in [0.15, 0.2) is 0 Å². The van der Waals surface area contributed by atoms with Crippen LogP contribution in [-0.2, 0) is 14.3 Å². The number of methoxy groups -OCH3 is 1. The molecular weight excluding hydrogens is 264 g/mol. The molecule has 0 saturated heterocycles. The molecule has 0 radical (unpaired) electrons. The van der Waals surface area contributed by atoms with Gasteiger partial charge in [-0.05, 0) is 13.8 Å². The number of nitrogens with one attached hydrogen (secondary N) is 2. The predicted octanol–water partition coefficient (Wildman–Crippen LogP) is 0.0387. The maximum atomic E-state index is 11.3. The highest BCUT2D eigenvalue weighted by Gasteiger charge is 2.23. The maximum absolute atomic E-state index is 11.3. The predicted molar refractivity (Wildman–Crippen MR) is 60.9 cm³/mol. The van der Waals surface area contributed by atoms with Crippen LogP contribution in [0.1, 0.15) is 13.8 Å². The normalized spacial score (nSPS) is 10.9. The van der Waals surface area contributed by atoms with Gasteiger partial charge >= 0.3 is 0 Å². The van der Waals surface area contributed by atoms with E-state index in [1.165, 1.54) is 0 Å². The summed E-state index contributed by atoms with van der Waals surface area (Å²) in [6.07, 6.45) is 0. The molecular formula is C9H17BrN2O3. The van der Waals surface area contributed by atoms with Gasteiger partial charge in [0.15, 0.2) is 0 Å². The van der Waals surface area contributed by atoms with E-state index in [-0.39, 0.29) is 18.4 Å². The molecule has 0 aromatic heterocycles. The van der Waals surface area contributed by atoms with Crippen LogP contribution < -0.4 is 10.6 Å². The number of alkyl halides is 1. The summed E-state index contributed by atoms with van der Waals surface area (Å²) in [5, 5.41) is 5.11. The molecule has 0 saturated carbocycles. The Balaban J connectivity index is 3.67. The smallest absolute Gasteiger partial charge is 0.239 e. The van der Waals surface area contributed by atoms with Crippen LogP contribution in [0.4, 0.5) is 0 Å². The molecule has 0 aliphatic carbocycles. The first-order valence-electron chi connectivity index (χ1n) is 4.60. The van der Waals surface area contributed by atoms with E-state index in [0.717, 1.165) is 0 Å². The minimum Gasteiger partial charge on any atom is -0.383 e. The zero-order valence-corrected chi connectivity index (χ0v) is 10.8. The van der Waals surface area contributed by atoms with Gasteiger partial charge in [-0.2, -0.15) is 0 Å². The number of carbonyl (C=O) groups is 2. The number of amides is 2. The van der Waals surface area contributed by atoms with Crippen molar-refractivity contribution in [1.82, 2.24) is 10.6 Å². The van der Waals surface area contributed by atoms with Crippen LogP contribution in [0.25, 0.3) is 0 Å². The molecule has 0 aromatic carbocycles. The molecule has 6 heteroatoms. The second kappa shape index (κ2) is 6.79. The summed E-state index contributed by atoms with van der Waals surface area (Å²) >= 11 is 3.19. The minimum absolute atomic E-state index is 0.0163. The first-order chi connectivity index (χ1) is 6.88. The largest absolute Gasteiger partial charge is 0.383 e. The van der Waals surface area contributed by atoms with Gasteiger partial charge in [-0.25, -0.2) is 0 Å². The quantitative estimate of drug-likeness (QED) is 0.533. The van der Waals surface area contributed by atoms with E-state index >= 15 is 0 Å². The van der Waals surface area contributed by atoms with E-state index in [9.17, 15) is 9.59 Å². The third kappa shape index (κ3) is 7.33. The number of carbonyl (C=O) groups excluding carboxylic acids is 2. The topological polar surface area (TPSA) is 67.4 Å². The Morgan fingerprint density at radius 2 is 1.93 bits per heavy atom. The SMILES string of the molecule is COCCNC(=O)CNC(=O)C(C)(C)Br. The molecule has 0 unspecified atom stereocenters. The van der Waals surface area contributed by atoms with Gasteiger partial charge in [0.1, 0.15) is 0 Å². The van der Waals surface area contributed by atoms with Crippen molar-refractivity contribution in [3.05, 3.63) is 0 Å². The molecule has 15 heavy (non-hydrogen) atoms. The van der Waals surface area contributed by atoms with Gasteiger partial charge in [-0.15, -0.1) is 0 Å². The molecule has 0 aromatic rings. The molecule has 5 nitrogen and oxygen atoms in total. The van der Waals surface area contributed by atoms with Gasteiger partial charge in [0.25, 0.3) is 0 Å². The molecule has 2 amide bonds. The first kappa shape index (κ1) is 14.4. The molecule has 0 aliphatic heterocycles. The number of hydrogen-bond donors (Lipinski definition) is 2. The molecule has 0 rings (SSSR count). The van der Waals surface area contributed by atoms with Crippen LogP contribution in [0.2, 0.25) is 0 Å². The van der Waals surface area contributed by atoms with Crippen molar-refractivity contribution < 1.29 is 14.3 Å². The third-order valence-electron chi connectivity index (χ3n) is 1.58. The van der Waals surface area contributed by atoms with Gasteiger partial charge < -0.3 is 15.4 Å². The first-order valence-corrected chi connectivity index (χ1v) is 5.40. The zero-order chi connectivity index (χ0) is 11.9. The Hall–Kier alpha value is -0.620. The lowest BCUT2D eigenvalue weighted by Crippen LogP contribution is -2.43. The summed E-state index contributed by atoms with van der Waals surface area (Å²) in [6, 6.07) is 0. The van der Waals surface area contributed by atoms with E-state index < -0.39 is 4.32 Å². The van der Waals surface area contributed by atoms with Crippen molar-refractivity contribution in [2.45, 2.75) is 18.2 Å². The summed E-state index contributed by atoms with van der Waals surface area (Å²) in [5.41, 5.74) is 0. The summed E-state index contributed by atoms with van der Waals surface area (Å²) in [4.78, 5) is 22.5. The molecule has 0 aliphatic rings. The number of ether oxygens (including phenoxy) is 1. The fraction of sp³-hybridized carbons (Fsp3) is 0.778. The summed E-state index contributed by atoms with van der Waals surface area (Å²) in [6.45, 7) is 4.32. The lowest BCUT2D eigenvalue weighted by atomic mass is 10.2. The van der Waals surface area contributed by atoms with Gasteiger partial charge in [0, 0.05) is 13.7 Å². The highest BCUT2D eigenvalue weighted by Crippen LogP contribution is 2.14. The summed E-state index contributed by atoms with van der Waals surface area (Å²) < 4.78 is 4.11. The average Bonchev–Trinajstić information content (AvgIpc) is 2.13. The number of halogens is 1. The number of hydrogen-bond acceptors (Lipinski definition) is 3. The van der Waals surface area contributed by atoms with E-state index in [0.29, 0.717) is 13.2 Å². The van der Waals surface area contributed by atoms with Crippen molar-refractivity contribution in [2.75, 3.05) is 26.8 Å². The molecule has 0 spiro atoms. The van der Waals surface area contributed by atoms with Gasteiger partial charge in [0.2, 0.25) is 11.8 Å². The van der Waals surface area contributed by atoms with Crippen LogP contribution in [0.3, 0.4) is 0 Å². The zero-order valence-electron chi connectivity index (χ0n) is 9.22. The molecule has 0 heterocycles. The lowest BCUT2D eigenvalue weighted by Gasteiger charge is -2.15. The standard InChI is InChI=1S/C9H17BrN2O3/c1-9(2,10)8(14)12-6-7(13)11-4-5-15-3/h4-6H2,1-3H3,(H,11,13)(H,12,14). The van der Waals surface area contributed by atoms with Crippen molar-refractivity contribution in [3.8, 4) is 0 Å². The highest BCUT2D eigenvalue weighted by molar-refractivity contribution is 9.10. The second-order valence-electron chi connectivity index (χ2n) is 3.50. The van der Waals surface area contributed by atoms with Crippen LogP contribution in [0, 0.1) is 0 Å². The Morgan fingerprint density at radius 1 is 1.33 bits per heavy atom. The Morgan fingerprint density at radius 3 is 2.40 bits per heavy atom. The van der Waals surface area contributed by atoms with Gasteiger partial charge in [-0.3, -0.25) is 9.59 Å². The monoisotopic (exact) mass is 280 g/mol. The summed E-state index contributed by atoms with van der Waals surface area (Å²) in [7, 11) is 1.56. The van der Waals surface area contributed by atoms with E-state index in [1.807, 2.05) is 0 Å². The average molecular weight is 281 g/mol. The van der Waals surface area contributed by atoms with Crippen molar-refractivity contribution in [2.24, 2.45) is 0 Å². The van der Waals surface area contributed by atoms with Crippen LogP contribution in [0.5, 0.6) is 0 Å². The van der Waals surface area contributed by atoms with Crippen molar-refractivity contribution in [1.29, 1.82) is 0 Å². The molecule has 2 N–H and O–H groups in total. The van der Waals surface area contributed by atoms with Crippen LogP contribution in [-0.4, -0.2) is 42.9 Å². The fourth-order valence-electron chi connectivity index (χ4n) is 0.726.